The maximum Gasteiger partial charge on any atom is 0.0586 e. The molecule has 0 saturated carbocycles. The molecule has 0 radical (unpaired) electrons. The van der Waals surface area contributed by atoms with Crippen LogP contribution in [0.25, 0.3) is 0 Å². The van der Waals surface area contributed by atoms with Gasteiger partial charge in [0.1, 0.15) is 0 Å². The lowest BCUT2D eigenvalue weighted by Gasteiger charge is -2.22. The number of benzene rings is 1. The molecule has 0 bridgehead atoms. The molecular weight excluding hydrogens is 196 g/mol. The first-order valence-corrected chi connectivity index (χ1v) is 6.06. The molecule has 1 aliphatic carbocycles. The van der Waals surface area contributed by atoms with Gasteiger partial charge in [0.15, 0.2) is 0 Å². The van der Waals surface area contributed by atoms with Crippen molar-refractivity contribution in [3.63, 3.8) is 0 Å². The molecule has 0 saturated heterocycles. The largest absolute Gasteiger partial charge is 0.397 e. The Morgan fingerprint density at radius 2 is 1.81 bits per heavy atom. The molecule has 0 aromatic heterocycles. The molecule has 0 fully saturated rings. The first-order valence-electron chi connectivity index (χ1n) is 6.06. The van der Waals surface area contributed by atoms with Gasteiger partial charge in [0.2, 0.25) is 0 Å². The summed E-state index contributed by atoms with van der Waals surface area (Å²) in [5.74, 6) is 0.434. The third kappa shape index (κ3) is 1.48. The molecule has 1 aromatic carbocycles. The minimum atomic E-state index is 0.251. The number of nitrogens with two attached hydrogens (primary N) is 2. The van der Waals surface area contributed by atoms with Crippen LogP contribution >= 0.6 is 0 Å². The average molecular weight is 218 g/mol. The SMILES string of the molecule is CC(C)c1cc2c(c(N)c1N)CCC2(C)C. The van der Waals surface area contributed by atoms with E-state index in [9.17, 15) is 0 Å². The third-order valence-electron chi connectivity index (χ3n) is 3.90. The standard InChI is InChI=1S/C14H22N2/c1-8(2)10-7-11-9(12(15)13(10)16)5-6-14(11,3)4/h7-8H,5-6,15-16H2,1-4H3. The Balaban J connectivity index is 2.68. The van der Waals surface area contributed by atoms with Gasteiger partial charge in [0.05, 0.1) is 11.4 Å². The van der Waals surface area contributed by atoms with E-state index in [0.717, 1.165) is 17.8 Å². The van der Waals surface area contributed by atoms with Crippen LogP contribution in [-0.4, -0.2) is 0 Å². The first kappa shape index (κ1) is 11.3. The molecule has 0 aliphatic heterocycles. The van der Waals surface area contributed by atoms with Crippen LogP contribution in [0.1, 0.15) is 56.7 Å². The highest BCUT2D eigenvalue weighted by atomic mass is 14.7. The smallest absolute Gasteiger partial charge is 0.0586 e. The van der Waals surface area contributed by atoms with Crippen LogP contribution in [0.15, 0.2) is 6.07 Å². The average Bonchev–Trinajstić information content (AvgIpc) is 2.48. The summed E-state index contributed by atoms with van der Waals surface area (Å²) in [6.07, 6.45) is 2.24. The molecule has 0 amide bonds. The van der Waals surface area contributed by atoms with Crippen molar-refractivity contribution in [2.75, 3.05) is 11.5 Å². The molecule has 88 valence electrons. The highest BCUT2D eigenvalue weighted by Gasteiger charge is 2.32. The van der Waals surface area contributed by atoms with Crippen LogP contribution < -0.4 is 11.5 Å². The molecule has 1 aliphatic rings. The zero-order chi connectivity index (χ0) is 12.1. The Morgan fingerprint density at radius 3 is 2.38 bits per heavy atom. The maximum atomic E-state index is 6.17. The van der Waals surface area contributed by atoms with Gasteiger partial charge >= 0.3 is 0 Å². The fourth-order valence-electron chi connectivity index (χ4n) is 2.71. The Kier molecular flexibility index (Phi) is 2.41. The van der Waals surface area contributed by atoms with Gasteiger partial charge in [0.25, 0.3) is 0 Å². The van der Waals surface area contributed by atoms with Crippen LogP contribution in [0.2, 0.25) is 0 Å². The van der Waals surface area contributed by atoms with Crippen molar-refractivity contribution in [1.29, 1.82) is 0 Å². The van der Waals surface area contributed by atoms with Gasteiger partial charge in [-0.05, 0) is 40.9 Å². The van der Waals surface area contributed by atoms with Crippen molar-refractivity contribution in [3.8, 4) is 0 Å². The second-order valence-corrected chi connectivity index (χ2v) is 5.86. The molecule has 16 heavy (non-hydrogen) atoms. The van der Waals surface area contributed by atoms with Crippen molar-refractivity contribution < 1.29 is 0 Å². The van der Waals surface area contributed by atoms with E-state index in [1.807, 2.05) is 0 Å². The van der Waals surface area contributed by atoms with Crippen molar-refractivity contribution in [3.05, 3.63) is 22.8 Å². The summed E-state index contributed by atoms with van der Waals surface area (Å²) in [7, 11) is 0. The van der Waals surface area contributed by atoms with Crippen molar-refractivity contribution in [2.45, 2.75) is 51.9 Å². The second kappa shape index (κ2) is 3.41. The van der Waals surface area contributed by atoms with Crippen LogP contribution in [0.3, 0.4) is 0 Å². The van der Waals surface area contributed by atoms with Gasteiger partial charge in [0, 0.05) is 0 Å². The normalized spacial score (nSPS) is 17.8. The molecule has 0 spiro atoms. The van der Waals surface area contributed by atoms with E-state index in [2.05, 4.69) is 33.8 Å². The van der Waals surface area contributed by atoms with Gasteiger partial charge < -0.3 is 11.5 Å². The number of nitrogen functional groups attached to an aromatic ring is 2. The molecule has 1 aromatic rings. The maximum absolute atomic E-state index is 6.17. The number of anilines is 2. The van der Waals surface area contributed by atoms with E-state index < -0.39 is 0 Å². The molecule has 0 heterocycles. The molecular formula is C14H22N2. The molecule has 0 unspecified atom stereocenters. The van der Waals surface area contributed by atoms with Gasteiger partial charge in [-0.25, -0.2) is 0 Å². The van der Waals surface area contributed by atoms with E-state index in [-0.39, 0.29) is 5.41 Å². The van der Waals surface area contributed by atoms with E-state index in [0.29, 0.717) is 5.92 Å². The Morgan fingerprint density at radius 1 is 1.19 bits per heavy atom. The van der Waals surface area contributed by atoms with Crippen LogP contribution in [0, 0.1) is 0 Å². The van der Waals surface area contributed by atoms with Gasteiger partial charge in [-0.1, -0.05) is 33.8 Å². The lowest BCUT2D eigenvalue weighted by atomic mass is 9.84. The number of rotatable bonds is 1. The number of fused-ring (bicyclic) bond motifs is 1. The van der Waals surface area contributed by atoms with Crippen LogP contribution in [-0.2, 0) is 11.8 Å². The Labute approximate surface area is 98.0 Å². The lowest BCUT2D eigenvalue weighted by molar-refractivity contribution is 0.522. The fraction of sp³-hybridized carbons (Fsp3) is 0.571. The monoisotopic (exact) mass is 218 g/mol. The Bertz CT molecular complexity index is 431. The highest BCUT2D eigenvalue weighted by Crippen LogP contribution is 2.45. The summed E-state index contributed by atoms with van der Waals surface area (Å²) in [6.45, 7) is 8.91. The van der Waals surface area contributed by atoms with Gasteiger partial charge in [-0.3, -0.25) is 0 Å². The van der Waals surface area contributed by atoms with Crippen LogP contribution in [0.5, 0.6) is 0 Å². The van der Waals surface area contributed by atoms with Gasteiger partial charge in [-0.15, -0.1) is 0 Å². The molecule has 2 nitrogen and oxygen atoms in total. The molecule has 0 atom stereocenters. The number of hydrogen-bond donors (Lipinski definition) is 2. The van der Waals surface area contributed by atoms with Crippen molar-refractivity contribution in [1.82, 2.24) is 0 Å². The van der Waals surface area contributed by atoms with Crippen molar-refractivity contribution >= 4 is 11.4 Å². The summed E-state index contributed by atoms with van der Waals surface area (Å²) in [6, 6.07) is 2.28. The lowest BCUT2D eigenvalue weighted by Crippen LogP contribution is -2.14. The zero-order valence-corrected chi connectivity index (χ0v) is 10.7. The second-order valence-electron chi connectivity index (χ2n) is 5.86. The summed E-state index contributed by atoms with van der Waals surface area (Å²) >= 11 is 0. The molecule has 4 N–H and O–H groups in total. The number of hydrogen-bond acceptors (Lipinski definition) is 2. The van der Waals surface area contributed by atoms with E-state index in [1.54, 1.807) is 0 Å². The summed E-state index contributed by atoms with van der Waals surface area (Å²) < 4.78 is 0. The van der Waals surface area contributed by atoms with Crippen LogP contribution in [0.4, 0.5) is 11.4 Å². The molecule has 2 rings (SSSR count). The molecule has 2 heteroatoms. The third-order valence-corrected chi connectivity index (χ3v) is 3.90. The predicted octanol–water partition coefficient (Wildman–Crippen LogP) is 3.20. The first-order chi connectivity index (χ1) is 7.34. The quantitative estimate of drug-likeness (QED) is 0.711. The predicted molar refractivity (Wildman–Crippen MR) is 70.7 cm³/mol. The van der Waals surface area contributed by atoms with Gasteiger partial charge in [-0.2, -0.15) is 0 Å². The zero-order valence-electron chi connectivity index (χ0n) is 10.7. The Hall–Kier alpha value is -1.18. The highest BCUT2D eigenvalue weighted by molar-refractivity contribution is 5.75. The van der Waals surface area contributed by atoms with E-state index in [1.165, 1.54) is 23.1 Å². The fourth-order valence-corrected chi connectivity index (χ4v) is 2.71. The van der Waals surface area contributed by atoms with E-state index in [4.69, 9.17) is 11.5 Å². The van der Waals surface area contributed by atoms with E-state index >= 15 is 0 Å². The minimum absolute atomic E-state index is 0.251. The van der Waals surface area contributed by atoms with Crippen molar-refractivity contribution in [2.24, 2.45) is 0 Å². The topological polar surface area (TPSA) is 52.0 Å². The minimum Gasteiger partial charge on any atom is -0.397 e. The summed E-state index contributed by atoms with van der Waals surface area (Å²) in [5.41, 5.74) is 18.1. The summed E-state index contributed by atoms with van der Waals surface area (Å²) in [4.78, 5) is 0. The summed E-state index contributed by atoms with van der Waals surface area (Å²) in [5, 5.41) is 0.